The molecule has 0 amide bonds. The lowest BCUT2D eigenvalue weighted by Gasteiger charge is -1.85. The van der Waals surface area contributed by atoms with Gasteiger partial charge in [-0.05, 0) is 17.5 Å². The monoisotopic (exact) mass is 152 g/mol. The van der Waals surface area contributed by atoms with E-state index in [1.54, 1.807) is 12.1 Å². The van der Waals surface area contributed by atoms with Crippen LogP contribution in [0, 0.1) is 10.1 Å². The number of nitro benzene ring substituents is 1. The van der Waals surface area contributed by atoms with Gasteiger partial charge in [-0.1, -0.05) is 6.07 Å². The third kappa shape index (κ3) is 1.20. The number of benzene rings is 1. The molecule has 1 aromatic carbocycles. The molecule has 0 saturated heterocycles. The normalized spacial score (nSPS) is 11.3. The zero-order valence-corrected chi connectivity index (χ0v) is 5.91. The van der Waals surface area contributed by atoms with E-state index < -0.39 is 0 Å². The summed E-state index contributed by atoms with van der Waals surface area (Å²) in [5, 5.41) is 10.2. The fourth-order valence-corrected chi connectivity index (χ4v) is 0.997. The van der Waals surface area contributed by atoms with Crippen molar-refractivity contribution in [2.75, 3.05) is 0 Å². The Hall–Kier alpha value is -1.42. The Labute approximate surface area is 63.6 Å². The molecule has 0 atom stereocenters. The van der Waals surface area contributed by atoms with E-state index in [1.807, 2.05) is 6.07 Å². The molecule has 0 heterocycles. The van der Waals surface area contributed by atoms with Crippen LogP contribution >= 0.6 is 0 Å². The van der Waals surface area contributed by atoms with Crippen LogP contribution < -0.4 is 6.15 Å². The van der Waals surface area contributed by atoms with Crippen LogP contribution in [0.5, 0.6) is 0 Å². The topological polar surface area (TPSA) is 78.1 Å². The fourth-order valence-electron chi connectivity index (χ4n) is 0.997. The van der Waals surface area contributed by atoms with Crippen molar-refractivity contribution in [1.82, 2.24) is 6.15 Å². The molecule has 0 unspecified atom stereocenters. The van der Waals surface area contributed by atoms with Crippen molar-refractivity contribution in [2.45, 2.75) is 6.42 Å². The molecule has 1 aliphatic rings. The molecule has 0 aromatic heterocycles. The van der Waals surface area contributed by atoms with Gasteiger partial charge in [-0.25, -0.2) is 0 Å². The van der Waals surface area contributed by atoms with Crippen LogP contribution in [0.25, 0.3) is 0 Å². The van der Waals surface area contributed by atoms with Gasteiger partial charge < -0.3 is 6.15 Å². The molecular formula is C7H8N2O2. The number of nitro groups is 1. The second kappa shape index (κ2) is 2.32. The molecule has 0 radical (unpaired) electrons. The first-order valence-electron chi connectivity index (χ1n) is 3.03. The van der Waals surface area contributed by atoms with Crippen molar-refractivity contribution in [1.29, 1.82) is 0 Å². The van der Waals surface area contributed by atoms with Gasteiger partial charge in [0.2, 0.25) is 0 Å². The van der Waals surface area contributed by atoms with Gasteiger partial charge in [0.25, 0.3) is 5.69 Å². The minimum Gasteiger partial charge on any atom is -0.344 e. The average molecular weight is 152 g/mol. The molecule has 0 bridgehead atoms. The molecule has 1 aliphatic carbocycles. The third-order valence-electron chi connectivity index (χ3n) is 1.66. The lowest BCUT2D eigenvalue weighted by Crippen LogP contribution is -1.84. The molecule has 0 fully saturated rings. The average Bonchev–Trinajstić information content (AvgIpc) is 2.63. The maximum atomic E-state index is 10.2. The molecule has 0 aliphatic heterocycles. The summed E-state index contributed by atoms with van der Waals surface area (Å²) in [7, 11) is 0. The van der Waals surface area contributed by atoms with Crippen molar-refractivity contribution >= 4 is 5.69 Å². The first kappa shape index (κ1) is 7.68. The molecule has 2 rings (SSSR count). The van der Waals surface area contributed by atoms with Crippen molar-refractivity contribution < 1.29 is 4.92 Å². The predicted octanol–water partition coefficient (Wildman–Crippen LogP) is 1.66. The zero-order chi connectivity index (χ0) is 7.14. The first-order valence-corrected chi connectivity index (χ1v) is 3.03. The molecule has 58 valence electrons. The highest BCUT2D eigenvalue weighted by Gasteiger charge is 2.19. The number of nitrogens with zero attached hydrogens (tertiary/aromatic N) is 1. The van der Waals surface area contributed by atoms with Crippen molar-refractivity contribution in [2.24, 2.45) is 0 Å². The maximum absolute atomic E-state index is 10.2. The Kier molecular flexibility index (Phi) is 1.62. The van der Waals surface area contributed by atoms with E-state index in [0.29, 0.717) is 0 Å². The van der Waals surface area contributed by atoms with Crippen LogP contribution in [0.1, 0.15) is 11.1 Å². The zero-order valence-electron chi connectivity index (χ0n) is 5.91. The fraction of sp³-hybridized carbons (Fsp3) is 0.143. The van der Waals surface area contributed by atoms with Gasteiger partial charge in [0.1, 0.15) is 0 Å². The molecule has 3 N–H and O–H groups in total. The minimum absolute atomic E-state index is 0. The van der Waals surface area contributed by atoms with Crippen LogP contribution in [0.4, 0.5) is 5.69 Å². The Morgan fingerprint density at radius 3 is 2.64 bits per heavy atom. The summed E-state index contributed by atoms with van der Waals surface area (Å²) in [6, 6.07) is 4.99. The number of hydrogen-bond acceptors (Lipinski definition) is 3. The number of rotatable bonds is 1. The lowest BCUT2D eigenvalue weighted by atomic mass is 10.3. The summed E-state index contributed by atoms with van der Waals surface area (Å²) in [5.74, 6) is 0. The Morgan fingerprint density at radius 2 is 2.09 bits per heavy atom. The lowest BCUT2D eigenvalue weighted by molar-refractivity contribution is -0.384. The van der Waals surface area contributed by atoms with Gasteiger partial charge in [-0.15, -0.1) is 0 Å². The highest BCUT2D eigenvalue weighted by molar-refractivity contribution is 5.51. The van der Waals surface area contributed by atoms with Crippen molar-refractivity contribution in [3.63, 3.8) is 0 Å². The number of hydrogen-bond donors (Lipinski definition) is 1. The van der Waals surface area contributed by atoms with E-state index in [9.17, 15) is 10.1 Å². The maximum Gasteiger partial charge on any atom is 0.269 e. The Morgan fingerprint density at radius 1 is 1.36 bits per heavy atom. The molecule has 1 aromatic rings. The van der Waals surface area contributed by atoms with Crippen LogP contribution in [0.15, 0.2) is 18.2 Å². The van der Waals surface area contributed by atoms with Crippen LogP contribution in [-0.4, -0.2) is 4.92 Å². The van der Waals surface area contributed by atoms with Crippen molar-refractivity contribution in [3.05, 3.63) is 39.4 Å². The van der Waals surface area contributed by atoms with Gasteiger partial charge in [-0.2, -0.15) is 0 Å². The van der Waals surface area contributed by atoms with Crippen molar-refractivity contribution in [3.8, 4) is 0 Å². The van der Waals surface area contributed by atoms with E-state index in [0.717, 1.165) is 12.0 Å². The highest BCUT2D eigenvalue weighted by atomic mass is 16.6. The van der Waals surface area contributed by atoms with Gasteiger partial charge >= 0.3 is 0 Å². The molecule has 0 spiro atoms. The molecule has 4 nitrogen and oxygen atoms in total. The minimum atomic E-state index is -0.362. The summed E-state index contributed by atoms with van der Waals surface area (Å²) in [6.45, 7) is 0. The standard InChI is InChI=1S/C7H5NO2.H3N/c9-8(10)7-2-1-5-3-6(5)4-7;/h1-2,4H,3H2;1H3. The van der Waals surface area contributed by atoms with Gasteiger partial charge in [0.05, 0.1) is 4.92 Å². The van der Waals surface area contributed by atoms with Crippen LogP contribution in [0.2, 0.25) is 0 Å². The van der Waals surface area contributed by atoms with Gasteiger partial charge in [0.15, 0.2) is 0 Å². The molecular weight excluding hydrogens is 144 g/mol. The molecule has 11 heavy (non-hydrogen) atoms. The van der Waals surface area contributed by atoms with E-state index in [-0.39, 0.29) is 16.8 Å². The largest absolute Gasteiger partial charge is 0.344 e. The summed E-state index contributed by atoms with van der Waals surface area (Å²) < 4.78 is 0. The summed E-state index contributed by atoms with van der Waals surface area (Å²) in [4.78, 5) is 9.82. The summed E-state index contributed by atoms with van der Waals surface area (Å²) >= 11 is 0. The quantitative estimate of drug-likeness (QED) is 0.498. The van der Waals surface area contributed by atoms with E-state index in [2.05, 4.69) is 0 Å². The van der Waals surface area contributed by atoms with Crippen LogP contribution in [0.3, 0.4) is 0 Å². The van der Waals surface area contributed by atoms with Gasteiger partial charge in [-0.3, -0.25) is 10.1 Å². The molecule has 4 heteroatoms. The SMILES string of the molecule is N.O=[N+]([O-])c1ccc2c(c1)C2. The second-order valence-corrected chi connectivity index (χ2v) is 2.39. The Balaban J connectivity index is 0.000000605. The Bertz CT molecular complexity index is 309. The first-order chi connectivity index (χ1) is 4.77. The third-order valence-corrected chi connectivity index (χ3v) is 1.66. The van der Waals surface area contributed by atoms with E-state index >= 15 is 0 Å². The van der Waals surface area contributed by atoms with E-state index in [4.69, 9.17) is 0 Å². The summed E-state index contributed by atoms with van der Waals surface area (Å²) in [5.41, 5.74) is 2.57. The number of fused-ring (bicyclic) bond motifs is 1. The van der Waals surface area contributed by atoms with E-state index in [1.165, 1.54) is 5.56 Å². The number of non-ortho nitro benzene ring substituents is 1. The van der Waals surface area contributed by atoms with Crippen LogP contribution in [-0.2, 0) is 6.42 Å². The second-order valence-electron chi connectivity index (χ2n) is 2.39. The smallest absolute Gasteiger partial charge is 0.269 e. The van der Waals surface area contributed by atoms with Gasteiger partial charge in [0, 0.05) is 12.1 Å². The summed E-state index contributed by atoms with van der Waals surface area (Å²) in [6.07, 6.45) is 0.938. The predicted molar refractivity (Wildman–Crippen MR) is 40.9 cm³/mol. The molecule has 0 saturated carbocycles. The highest BCUT2D eigenvalue weighted by Crippen LogP contribution is 2.30.